The zero-order valence-corrected chi connectivity index (χ0v) is 11.9. The maximum Gasteiger partial charge on any atom is 0.191 e. The Morgan fingerprint density at radius 2 is 2.24 bits per heavy atom. The summed E-state index contributed by atoms with van der Waals surface area (Å²) >= 11 is 1.75. The van der Waals surface area contributed by atoms with Crippen LogP contribution in [0.1, 0.15) is 30.7 Å². The average Bonchev–Trinajstić information content (AvgIpc) is 2.77. The largest absolute Gasteiger partial charge is 0.356 e. The molecule has 0 bridgehead atoms. The highest BCUT2D eigenvalue weighted by Gasteiger charge is 2.02. The number of hydrogen-bond acceptors (Lipinski definition) is 3. The first-order valence-corrected chi connectivity index (χ1v) is 6.85. The van der Waals surface area contributed by atoms with Crippen LogP contribution in [0.25, 0.3) is 0 Å². The third-order valence-electron chi connectivity index (χ3n) is 2.26. The van der Waals surface area contributed by atoms with Gasteiger partial charge in [0.05, 0.1) is 6.54 Å². The SMILES string of the molecule is CCc1cnc(CNC(=NC)NCC(C)C)s1. The Balaban J connectivity index is 2.37. The van der Waals surface area contributed by atoms with E-state index in [4.69, 9.17) is 0 Å². The van der Waals surface area contributed by atoms with Gasteiger partial charge in [-0.1, -0.05) is 20.8 Å². The third-order valence-corrected chi connectivity index (χ3v) is 3.40. The van der Waals surface area contributed by atoms with E-state index in [1.54, 1.807) is 18.4 Å². The molecule has 1 rings (SSSR count). The molecular weight excluding hydrogens is 232 g/mol. The first-order chi connectivity index (χ1) is 8.15. The van der Waals surface area contributed by atoms with Crippen LogP contribution in [0.4, 0.5) is 0 Å². The number of guanidine groups is 1. The number of nitrogens with zero attached hydrogens (tertiary/aromatic N) is 2. The molecule has 0 atom stereocenters. The summed E-state index contributed by atoms with van der Waals surface area (Å²) in [6.07, 6.45) is 3.00. The first kappa shape index (κ1) is 14.0. The van der Waals surface area contributed by atoms with Gasteiger partial charge < -0.3 is 10.6 Å². The Labute approximate surface area is 108 Å². The molecule has 0 saturated heterocycles. The first-order valence-electron chi connectivity index (χ1n) is 6.03. The number of aryl methyl sites for hydroxylation is 1. The van der Waals surface area contributed by atoms with E-state index in [1.807, 2.05) is 6.20 Å². The van der Waals surface area contributed by atoms with Gasteiger partial charge in [-0.15, -0.1) is 11.3 Å². The predicted molar refractivity (Wildman–Crippen MR) is 74.5 cm³/mol. The van der Waals surface area contributed by atoms with E-state index in [1.165, 1.54) is 4.88 Å². The van der Waals surface area contributed by atoms with Gasteiger partial charge in [-0.3, -0.25) is 4.99 Å². The van der Waals surface area contributed by atoms with Crippen LogP contribution >= 0.6 is 11.3 Å². The standard InChI is InChI=1S/C12H22N4S/c1-5-10-7-14-11(17-10)8-16-12(13-4)15-6-9(2)3/h7,9H,5-6,8H2,1-4H3,(H2,13,15,16). The highest BCUT2D eigenvalue weighted by atomic mass is 32.1. The minimum absolute atomic E-state index is 0.611. The molecule has 0 aliphatic heterocycles. The summed E-state index contributed by atoms with van der Waals surface area (Å²) < 4.78 is 0. The van der Waals surface area contributed by atoms with Crippen LogP contribution in [0.15, 0.2) is 11.2 Å². The second kappa shape index (κ2) is 7.27. The quantitative estimate of drug-likeness (QED) is 0.624. The lowest BCUT2D eigenvalue weighted by molar-refractivity contribution is 0.614. The number of aromatic nitrogens is 1. The summed E-state index contributed by atoms with van der Waals surface area (Å²) in [6.45, 7) is 8.16. The molecule has 0 saturated carbocycles. The smallest absolute Gasteiger partial charge is 0.191 e. The van der Waals surface area contributed by atoms with Gasteiger partial charge in [-0.25, -0.2) is 4.98 Å². The molecule has 0 fully saturated rings. The lowest BCUT2D eigenvalue weighted by Gasteiger charge is -2.12. The topological polar surface area (TPSA) is 49.3 Å². The monoisotopic (exact) mass is 254 g/mol. The van der Waals surface area contributed by atoms with Gasteiger partial charge in [0.1, 0.15) is 5.01 Å². The molecule has 5 heteroatoms. The fourth-order valence-corrected chi connectivity index (χ4v) is 2.08. The van der Waals surface area contributed by atoms with Crippen LogP contribution in [0.2, 0.25) is 0 Å². The molecule has 0 amide bonds. The molecular formula is C12H22N4S. The second-order valence-corrected chi connectivity index (χ2v) is 5.47. The molecule has 1 aromatic heterocycles. The summed E-state index contributed by atoms with van der Waals surface area (Å²) in [5.41, 5.74) is 0. The van der Waals surface area contributed by atoms with Crippen LogP contribution in [-0.4, -0.2) is 24.5 Å². The van der Waals surface area contributed by atoms with E-state index < -0.39 is 0 Å². The number of thiazole rings is 1. The molecule has 0 unspecified atom stereocenters. The van der Waals surface area contributed by atoms with Crippen molar-refractivity contribution in [1.29, 1.82) is 0 Å². The molecule has 1 heterocycles. The molecule has 2 N–H and O–H groups in total. The summed E-state index contributed by atoms with van der Waals surface area (Å²) in [5.74, 6) is 1.45. The molecule has 0 radical (unpaired) electrons. The minimum atomic E-state index is 0.611. The van der Waals surface area contributed by atoms with E-state index in [-0.39, 0.29) is 0 Å². The van der Waals surface area contributed by atoms with E-state index in [9.17, 15) is 0 Å². The fourth-order valence-electron chi connectivity index (χ4n) is 1.27. The lowest BCUT2D eigenvalue weighted by Crippen LogP contribution is -2.38. The summed E-state index contributed by atoms with van der Waals surface area (Å²) in [6, 6.07) is 0. The molecule has 0 aliphatic carbocycles. The van der Waals surface area contributed by atoms with E-state index in [0.29, 0.717) is 5.92 Å². The number of aliphatic imine (C=N–C) groups is 1. The van der Waals surface area contributed by atoms with Gasteiger partial charge in [0, 0.05) is 24.7 Å². The van der Waals surface area contributed by atoms with E-state index in [0.717, 1.165) is 30.5 Å². The van der Waals surface area contributed by atoms with Gasteiger partial charge >= 0.3 is 0 Å². The Hall–Kier alpha value is -1.10. The van der Waals surface area contributed by atoms with Crippen molar-refractivity contribution in [1.82, 2.24) is 15.6 Å². The van der Waals surface area contributed by atoms with Crippen molar-refractivity contribution in [3.63, 3.8) is 0 Å². The van der Waals surface area contributed by atoms with Crippen molar-refractivity contribution in [3.05, 3.63) is 16.1 Å². The van der Waals surface area contributed by atoms with Crippen molar-refractivity contribution >= 4 is 17.3 Å². The van der Waals surface area contributed by atoms with E-state index >= 15 is 0 Å². The number of rotatable bonds is 5. The molecule has 17 heavy (non-hydrogen) atoms. The Morgan fingerprint density at radius 1 is 1.47 bits per heavy atom. The highest BCUT2D eigenvalue weighted by Crippen LogP contribution is 2.12. The lowest BCUT2D eigenvalue weighted by atomic mass is 10.2. The van der Waals surface area contributed by atoms with Crippen LogP contribution in [0.5, 0.6) is 0 Å². The van der Waals surface area contributed by atoms with Gasteiger partial charge in [0.25, 0.3) is 0 Å². The normalized spacial score (nSPS) is 11.9. The minimum Gasteiger partial charge on any atom is -0.356 e. The molecule has 0 spiro atoms. The molecule has 1 aromatic rings. The van der Waals surface area contributed by atoms with Crippen molar-refractivity contribution < 1.29 is 0 Å². The number of hydrogen-bond donors (Lipinski definition) is 2. The van der Waals surface area contributed by atoms with Crippen molar-refractivity contribution in [2.24, 2.45) is 10.9 Å². The molecule has 0 aliphatic rings. The van der Waals surface area contributed by atoms with Crippen LogP contribution < -0.4 is 10.6 Å². The van der Waals surface area contributed by atoms with Gasteiger partial charge in [-0.05, 0) is 12.3 Å². The summed E-state index contributed by atoms with van der Waals surface area (Å²) in [4.78, 5) is 9.86. The Bertz CT molecular complexity index is 357. The zero-order chi connectivity index (χ0) is 12.7. The summed E-state index contributed by atoms with van der Waals surface area (Å²) in [5, 5.41) is 7.65. The number of nitrogens with one attached hydrogen (secondary N) is 2. The van der Waals surface area contributed by atoms with Crippen LogP contribution in [-0.2, 0) is 13.0 Å². The Kier molecular flexibility index (Phi) is 5.97. The van der Waals surface area contributed by atoms with Crippen LogP contribution in [0, 0.1) is 5.92 Å². The molecule has 4 nitrogen and oxygen atoms in total. The second-order valence-electron chi connectivity index (χ2n) is 4.27. The molecule has 96 valence electrons. The third kappa shape index (κ3) is 5.17. The van der Waals surface area contributed by atoms with Gasteiger partial charge in [0.2, 0.25) is 0 Å². The Morgan fingerprint density at radius 3 is 2.76 bits per heavy atom. The van der Waals surface area contributed by atoms with Gasteiger partial charge in [-0.2, -0.15) is 0 Å². The zero-order valence-electron chi connectivity index (χ0n) is 11.1. The van der Waals surface area contributed by atoms with Crippen LogP contribution in [0.3, 0.4) is 0 Å². The summed E-state index contributed by atoms with van der Waals surface area (Å²) in [7, 11) is 1.79. The maximum absolute atomic E-state index is 4.36. The van der Waals surface area contributed by atoms with Gasteiger partial charge in [0.15, 0.2) is 5.96 Å². The highest BCUT2D eigenvalue weighted by molar-refractivity contribution is 7.11. The fraction of sp³-hybridized carbons (Fsp3) is 0.667. The van der Waals surface area contributed by atoms with E-state index in [2.05, 4.69) is 41.4 Å². The predicted octanol–water partition coefficient (Wildman–Crippen LogP) is 2.03. The van der Waals surface area contributed by atoms with Crippen molar-refractivity contribution in [3.8, 4) is 0 Å². The maximum atomic E-state index is 4.36. The van der Waals surface area contributed by atoms with Crippen molar-refractivity contribution in [2.45, 2.75) is 33.7 Å². The average molecular weight is 254 g/mol. The van der Waals surface area contributed by atoms with Crippen molar-refractivity contribution in [2.75, 3.05) is 13.6 Å². The molecule has 0 aromatic carbocycles.